The summed E-state index contributed by atoms with van der Waals surface area (Å²) in [4.78, 5) is 37.9. The van der Waals surface area contributed by atoms with E-state index in [9.17, 15) is 24.6 Å². The molecular weight excluding hydrogens is 416 g/mol. The lowest BCUT2D eigenvalue weighted by Crippen LogP contribution is -2.86. The highest BCUT2D eigenvalue weighted by Gasteiger charge is 2.82. The minimum atomic E-state index is -2.22. The molecule has 0 aromatic carbocycles. The largest absolute Gasteiger partial charge is 0.462 e. The van der Waals surface area contributed by atoms with E-state index in [0.717, 1.165) is 0 Å². The number of hydrogen-bond acceptors (Lipinski definition) is 8. The number of ketones is 1. The number of fused-ring (bicyclic) bond motifs is 3. The van der Waals surface area contributed by atoms with E-state index in [0.29, 0.717) is 12.8 Å². The third-order valence-electron chi connectivity index (χ3n) is 8.29. The van der Waals surface area contributed by atoms with Crippen LogP contribution >= 0.6 is 0 Å². The lowest BCUT2D eigenvalue weighted by Gasteiger charge is -2.71. The zero-order valence-corrected chi connectivity index (χ0v) is 20.1. The number of carbonyl (C=O) groups is 3. The molecule has 0 radical (unpaired) electrons. The number of aliphatic hydroxyl groups excluding tert-OH is 1. The maximum absolute atomic E-state index is 13.8. The molecule has 8 atom stereocenters. The number of Topliss-reactive ketones (excluding diaryl/α,β-unsaturated/α-hetero) is 1. The lowest BCUT2D eigenvalue weighted by atomic mass is 9.39. The molecule has 0 unspecified atom stereocenters. The van der Waals surface area contributed by atoms with Crippen LogP contribution in [0.25, 0.3) is 0 Å². The molecule has 3 aliphatic rings. The van der Waals surface area contributed by atoms with Crippen molar-refractivity contribution in [3.05, 3.63) is 12.7 Å². The van der Waals surface area contributed by atoms with Crippen LogP contribution in [0.5, 0.6) is 0 Å². The van der Waals surface area contributed by atoms with Crippen LogP contribution in [0.3, 0.4) is 0 Å². The van der Waals surface area contributed by atoms with Crippen molar-refractivity contribution in [3.63, 3.8) is 0 Å². The van der Waals surface area contributed by atoms with Gasteiger partial charge in [-0.3, -0.25) is 14.4 Å². The quantitative estimate of drug-likeness (QED) is 0.493. The van der Waals surface area contributed by atoms with E-state index in [4.69, 9.17) is 14.2 Å². The van der Waals surface area contributed by atoms with Crippen molar-refractivity contribution in [2.24, 2.45) is 16.7 Å². The molecule has 0 spiro atoms. The van der Waals surface area contributed by atoms with E-state index in [1.807, 2.05) is 13.8 Å². The van der Waals surface area contributed by atoms with Gasteiger partial charge in [-0.25, -0.2) is 0 Å². The SMILES string of the molecule is C=C[C@@]1(C)CC(=O)[C@]2(O)[C@@]3(C)[C@@H](OC(C)=O)CCC(C)(C)[C@@H]3[C@H](O)[C@H](OC(C)=O)[C@@]2(C)O1. The van der Waals surface area contributed by atoms with E-state index in [1.165, 1.54) is 26.8 Å². The molecule has 2 aliphatic carbocycles. The van der Waals surface area contributed by atoms with Gasteiger partial charge < -0.3 is 24.4 Å². The smallest absolute Gasteiger partial charge is 0.303 e. The maximum atomic E-state index is 13.8. The molecule has 0 aromatic heterocycles. The van der Waals surface area contributed by atoms with Crippen LogP contribution in [-0.4, -0.2) is 63.0 Å². The normalized spacial score (nSPS) is 47.6. The van der Waals surface area contributed by atoms with Gasteiger partial charge in [0, 0.05) is 31.6 Å². The fraction of sp³-hybridized carbons (Fsp3) is 0.792. The van der Waals surface area contributed by atoms with Crippen molar-refractivity contribution >= 4 is 17.7 Å². The highest BCUT2D eigenvalue weighted by atomic mass is 16.6. The van der Waals surface area contributed by atoms with Gasteiger partial charge in [0.25, 0.3) is 0 Å². The summed E-state index contributed by atoms with van der Waals surface area (Å²) in [5.41, 5.74) is -7.18. The lowest BCUT2D eigenvalue weighted by molar-refractivity contribution is -0.370. The average Bonchev–Trinajstić information content (AvgIpc) is 2.64. The van der Waals surface area contributed by atoms with E-state index in [2.05, 4.69) is 6.58 Å². The Bertz CT molecular complexity index is 851. The molecule has 180 valence electrons. The van der Waals surface area contributed by atoms with Crippen LogP contribution in [0, 0.1) is 16.7 Å². The summed E-state index contributed by atoms with van der Waals surface area (Å²) in [6.07, 6.45) is -1.20. The summed E-state index contributed by atoms with van der Waals surface area (Å²) in [6, 6.07) is 0. The molecule has 0 aromatic rings. The number of ether oxygens (including phenoxy) is 3. The molecule has 2 saturated carbocycles. The average molecular weight is 453 g/mol. The van der Waals surface area contributed by atoms with Gasteiger partial charge in [-0.2, -0.15) is 0 Å². The molecule has 8 heteroatoms. The molecule has 2 N–H and O–H groups in total. The Kier molecular flexibility index (Phi) is 5.72. The predicted molar refractivity (Wildman–Crippen MR) is 114 cm³/mol. The molecule has 32 heavy (non-hydrogen) atoms. The van der Waals surface area contributed by atoms with Gasteiger partial charge in [-0.05, 0) is 32.1 Å². The van der Waals surface area contributed by atoms with E-state index in [1.54, 1.807) is 13.8 Å². The summed E-state index contributed by atoms with van der Waals surface area (Å²) in [5, 5.41) is 24.1. The van der Waals surface area contributed by atoms with E-state index >= 15 is 0 Å². The zero-order chi connectivity index (χ0) is 24.5. The summed E-state index contributed by atoms with van der Waals surface area (Å²) < 4.78 is 17.6. The number of rotatable bonds is 3. The first-order valence-electron chi connectivity index (χ1n) is 11.1. The van der Waals surface area contributed by atoms with Crippen LogP contribution in [0.15, 0.2) is 12.7 Å². The summed E-state index contributed by atoms with van der Waals surface area (Å²) in [6.45, 7) is 14.9. The van der Waals surface area contributed by atoms with Gasteiger partial charge in [0.2, 0.25) is 0 Å². The molecule has 0 amide bonds. The van der Waals surface area contributed by atoms with Crippen LogP contribution in [0.2, 0.25) is 0 Å². The Balaban J connectivity index is 2.35. The third kappa shape index (κ3) is 3.10. The highest BCUT2D eigenvalue weighted by molar-refractivity contribution is 5.92. The molecule has 1 aliphatic heterocycles. The number of aliphatic hydroxyl groups is 2. The van der Waals surface area contributed by atoms with Gasteiger partial charge in [-0.15, -0.1) is 6.58 Å². The minimum absolute atomic E-state index is 0.166. The first-order chi connectivity index (χ1) is 14.5. The monoisotopic (exact) mass is 452 g/mol. The molecule has 1 saturated heterocycles. The molecule has 3 fully saturated rings. The van der Waals surface area contributed by atoms with Crippen LogP contribution in [-0.2, 0) is 28.6 Å². The zero-order valence-electron chi connectivity index (χ0n) is 20.1. The Labute approximate surface area is 189 Å². The Morgan fingerprint density at radius 3 is 2.19 bits per heavy atom. The minimum Gasteiger partial charge on any atom is -0.462 e. The van der Waals surface area contributed by atoms with Gasteiger partial charge >= 0.3 is 11.9 Å². The van der Waals surface area contributed by atoms with Crippen LogP contribution in [0.4, 0.5) is 0 Å². The highest BCUT2D eigenvalue weighted by Crippen LogP contribution is 2.67. The first-order valence-corrected chi connectivity index (χ1v) is 11.1. The van der Waals surface area contributed by atoms with Crippen LogP contribution in [0.1, 0.15) is 67.7 Å². The van der Waals surface area contributed by atoms with Crippen molar-refractivity contribution < 1.29 is 38.8 Å². The van der Waals surface area contributed by atoms with Crippen LogP contribution < -0.4 is 0 Å². The summed E-state index contributed by atoms with van der Waals surface area (Å²) >= 11 is 0. The molecule has 8 nitrogen and oxygen atoms in total. The van der Waals surface area contributed by atoms with Gasteiger partial charge in [-0.1, -0.05) is 26.8 Å². The summed E-state index contributed by atoms with van der Waals surface area (Å²) in [7, 11) is 0. The Hall–Kier alpha value is -1.77. The second kappa shape index (κ2) is 7.37. The van der Waals surface area contributed by atoms with Crippen molar-refractivity contribution in [3.8, 4) is 0 Å². The van der Waals surface area contributed by atoms with E-state index in [-0.39, 0.29) is 6.42 Å². The number of esters is 2. The van der Waals surface area contributed by atoms with Crippen molar-refractivity contribution in [1.82, 2.24) is 0 Å². The van der Waals surface area contributed by atoms with Crippen molar-refractivity contribution in [2.45, 2.75) is 103 Å². The molecule has 0 bridgehead atoms. The standard InChI is InChI=1S/C24H36O8/c1-9-21(6)12-15(27)24(29)22(7)16(30-13(2)25)10-11-20(4,5)18(22)17(28)19(31-14(3)26)23(24,8)32-21/h9,16-19,28-29H,1,10-12H2,2-8H3/t16-,17-,18-,19-,21-,22-,23+,24-/m0/s1. The summed E-state index contributed by atoms with van der Waals surface area (Å²) in [5.74, 6) is -2.48. The van der Waals surface area contributed by atoms with Crippen molar-refractivity contribution in [1.29, 1.82) is 0 Å². The fourth-order valence-corrected chi connectivity index (χ4v) is 7.02. The third-order valence-corrected chi connectivity index (χ3v) is 8.29. The van der Waals surface area contributed by atoms with E-state index < -0.39 is 69.6 Å². The maximum Gasteiger partial charge on any atom is 0.303 e. The molecule has 3 rings (SSSR count). The first kappa shape index (κ1) is 24.9. The molecular formula is C24H36O8. The Morgan fingerprint density at radius 2 is 1.69 bits per heavy atom. The topological polar surface area (TPSA) is 119 Å². The number of carbonyl (C=O) groups excluding carboxylic acids is 3. The predicted octanol–water partition coefficient (Wildman–Crippen LogP) is 2.09. The second-order valence-electron chi connectivity index (χ2n) is 10.9. The van der Waals surface area contributed by atoms with Gasteiger partial charge in [0.05, 0.1) is 11.7 Å². The van der Waals surface area contributed by atoms with Crippen molar-refractivity contribution in [2.75, 3.05) is 0 Å². The fourth-order valence-electron chi connectivity index (χ4n) is 7.02. The van der Waals surface area contributed by atoms with Gasteiger partial charge in [0.15, 0.2) is 17.5 Å². The molecule has 1 heterocycles. The Morgan fingerprint density at radius 1 is 1.12 bits per heavy atom. The second-order valence-corrected chi connectivity index (χ2v) is 10.9. The van der Waals surface area contributed by atoms with Gasteiger partial charge in [0.1, 0.15) is 11.7 Å². The number of hydrogen-bond donors (Lipinski definition) is 2.